The van der Waals surface area contributed by atoms with Gasteiger partial charge in [-0.3, -0.25) is 4.79 Å². The molecule has 0 aromatic rings. The predicted molar refractivity (Wildman–Crippen MR) is 68.6 cm³/mol. The van der Waals surface area contributed by atoms with Crippen LogP contribution >= 0.6 is 0 Å². The molecule has 1 saturated carbocycles. The smallest absolute Gasteiger partial charge is 0.402 e. The number of Topliss-reactive ketones (excluding diaryl/α,β-unsaturated/α-hetero) is 1. The molecule has 0 saturated heterocycles. The number of hydrogen-bond donors (Lipinski definition) is 0. The monoisotopic (exact) mass is 292 g/mol. The maximum atomic E-state index is 13.9. The van der Waals surface area contributed by atoms with Gasteiger partial charge in [-0.15, -0.1) is 0 Å². The van der Waals surface area contributed by atoms with E-state index in [4.69, 9.17) is 4.74 Å². The lowest BCUT2D eigenvalue weighted by Gasteiger charge is -2.38. The Bertz CT molecular complexity index is 360. The molecule has 20 heavy (non-hydrogen) atoms. The van der Waals surface area contributed by atoms with Gasteiger partial charge < -0.3 is 9.47 Å². The zero-order chi connectivity index (χ0) is 15.4. The average Bonchev–Trinajstić information content (AvgIpc) is 2.41. The van der Waals surface area contributed by atoms with Crippen LogP contribution < -0.4 is 0 Å². The fourth-order valence-corrected chi connectivity index (χ4v) is 2.54. The largest absolute Gasteiger partial charge is 0.461 e. The van der Waals surface area contributed by atoms with Gasteiger partial charge in [-0.2, -0.15) is 8.78 Å². The van der Waals surface area contributed by atoms with Crippen LogP contribution in [0.1, 0.15) is 46.5 Å². The first-order chi connectivity index (χ1) is 9.30. The van der Waals surface area contributed by atoms with Crippen molar-refractivity contribution < 1.29 is 27.8 Å². The van der Waals surface area contributed by atoms with Crippen molar-refractivity contribution in [3.05, 3.63) is 0 Å². The number of carbonyl (C=O) groups excluding carboxylic acids is 2. The van der Waals surface area contributed by atoms with Crippen LogP contribution in [0.25, 0.3) is 0 Å². The van der Waals surface area contributed by atoms with E-state index in [1.807, 2.05) is 6.92 Å². The summed E-state index contributed by atoms with van der Waals surface area (Å²) >= 11 is 0. The minimum absolute atomic E-state index is 0.152. The van der Waals surface area contributed by atoms with Crippen LogP contribution in [0, 0.1) is 5.92 Å². The first kappa shape index (κ1) is 17.0. The molecule has 0 heterocycles. The Kier molecular flexibility index (Phi) is 5.62. The Morgan fingerprint density at radius 2 is 1.75 bits per heavy atom. The third-order valence-corrected chi connectivity index (χ3v) is 3.73. The average molecular weight is 292 g/mol. The van der Waals surface area contributed by atoms with E-state index in [1.54, 1.807) is 6.92 Å². The Hall–Kier alpha value is -1.04. The number of ketones is 1. The molecule has 4 nitrogen and oxygen atoms in total. The van der Waals surface area contributed by atoms with Crippen molar-refractivity contribution in [2.75, 3.05) is 13.2 Å². The van der Waals surface area contributed by atoms with Gasteiger partial charge in [-0.25, -0.2) is 4.79 Å². The molecule has 6 heteroatoms. The molecule has 1 aliphatic rings. The molecule has 1 rings (SSSR count). The topological polar surface area (TPSA) is 52.6 Å². The lowest BCUT2D eigenvalue weighted by Crippen LogP contribution is -2.55. The normalized spacial score (nSPS) is 27.1. The molecule has 1 aliphatic carbocycles. The molecule has 0 atom stereocenters. The number of esters is 1. The van der Waals surface area contributed by atoms with Crippen LogP contribution in [0.4, 0.5) is 8.78 Å². The van der Waals surface area contributed by atoms with Crippen LogP contribution in [-0.4, -0.2) is 36.5 Å². The van der Waals surface area contributed by atoms with Gasteiger partial charge >= 0.3 is 11.9 Å². The summed E-state index contributed by atoms with van der Waals surface area (Å²) in [6.07, 6.45) is 1.70. The van der Waals surface area contributed by atoms with Crippen molar-refractivity contribution in [1.29, 1.82) is 0 Å². The lowest BCUT2D eigenvalue weighted by atomic mass is 9.75. The molecular formula is C14H22F2O4. The van der Waals surface area contributed by atoms with Gasteiger partial charge in [0.25, 0.3) is 0 Å². The molecule has 0 radical (unpaired) electrons. The molecule has 0 aromatic heterocycles. The van der Waals surface area contributed by atoms with Gasteiger partial charge in [-0.05, 0) is 45.4 Å². The standard InChI is InChI=1S/C14H22F2O4/c1-4-19-12(18)14(15,16)11(17)13(20-5-2)8-6-10(3)7-9-13/h10H,4-9H2,1-3H3. The number of rotatable bonds is 6. The molecule has 0 N–H and O–H groups in total. The van der Waals surface area contributed by atoms with Crippen molar-refractivity contribution in [3.8, 4) is 0 Å². The highest BCUT2D eigenvalue weighted by Gasteiger charge is 2.58. The highest BCUT2D eigenvalue weighted by atomic mass is 19.3. The molecule has 116 valence electrons. The van der Waals surface area contributed by atoms with E-state index in [2.05, 4.69) is 4.74 Å². The van der Waals surface area contributed by atoms with E-state index < -0.39 is 23.3 Å². The fraction of sp³-hybridized carbons (Fsp3) is 0.857. The SMILES string of the molecule is CCOC(=O)C(F)(F)C(=O)C1(OCC)CCC(C)CC1. The van der Waals surface area contributed by atoms with Gasteiger partial charge in [0.15, 0.2) is 0 Å². The predicted octanol–water partition coefficient (Wildman–Crippen LogP) is 2.74. The maximum Gasteiger partial charge on any atom is 0.402 e. The molecule has 0 bridgehead atoms. The summed E-state index contributed by atoms with van der Waals surface area (Å²) in [5, 5.41) is 0. The molecule has 0 unspecified atom stereocenters. The van der Waals surface area contributed by atoms with E-state index in [0.717, 1.165) is 0 Å². The quantitative estimate of drug-likeness (QED) is 0.558. The Morgan fingerprint density at radius 1 is 1.20 bits per heavy atom. The number of hydrogen-bond acceptors (Lipinski definition) is 4. The van der Waals surface area contributed by atoms with Crippen molar-refractivity contribution in [3.63, 3.8) is 0 Å². The lowest BCUT2D eigenvalue weighted by molar-refractivity contribution is -0.191. The second kappa shape index (κ2) is 6.61. The van der Waals surface area contributed by atoms with Crippen molar-refractivity contribution >= 4 is 11.8 Å². The number of ether oxygens (including phenoxy) is 2. The van der Waals surface area contributed by atoms with E-state index in [0.29, 0.717) is 18.8 Å². The summed E-state index contributed by atoms with van der Waals surface area (Å²) in [7, 11) is 0. The third kappa shape index (κ3) is 3.34. The molecule has 0 amide bonds. The number of alkyl halides is 2. The van der Waals surface area contributed by atoms with Crippen LogP contribution in [0.15, 0.2) is 0 Å². The minimum Gasteiger partial charge on any atom is -0.461 e. The zero-order valence-electron chi connectivity index (χ0n) is 12.2. The Labute approximate surface area is 117 Å². The second-order valence-electron chi connectivity index (χ2n) is 5.23. The van der Waals surface area contributed by atoms with Crippen LogP contribution in [-0.2, 0) is 19.1 Å². The van der Waals surface area contributed by atoms with Crippen LogP contribution in [0.5, 0.6) is 0 Å². The van der Waals surface area contributed by atoms with E-state index >= 15 is 0 Å². The molecule has 0 aliphatic heterocycles. The van der Waals surface area contributed by atoms with E-state index in [9.17, 15) is 18.4 Å². The zero-order valence-corrected chi connectivity index (χ0v) is 12.2. The van der Waals surface area contributed by atoms with Crippen molar-refractivity contribution in [2.45, 2.75) is 58.0 Å². The first-order valence-electron chi connectivity index (χ1n) is 7.04. The van der Waals surface area contributed by atoms with Gasteiger partial charge in [0.05, 0.1) is 6.61 Å². The summed E-state index contributed by atoms with van der Waals surface area (Å²) in [5.74, 6) is -7.03. The summed E-state index contributed by atoms with van der Waals surface area (Å²) in [6, 6.07) is 0. The first-order valence-corrected chi connectivity index (χ1v) is 7.04. The van der Waals surface area contributed by atoms with E-state index in [1.165, 1.54) is 6.92 Å². The van der Waals surface area contributed by atoms with Gasteiger partial charge in [0.2, 0.25) is 5.78 Å². The van der Waals surface area contributed by atoms with E-state index in [-0.39, 0.29) is 26.1 Å². The Morgan fingerprint density at radius 3 is 2.20 bits per heavy atom. The summed E-state index contributed by atoms with van der Waals surface area (Å²) in [6.45, 7) is 5.03. The highest BCUT2D eigenvalue weighted by molar-refractivity contribution is 6.09. The third-order valence-electron chi connectivity index (χ3n) is 3.73. The maximum absolute atomic E-state index is 13.9. The molecule has 0 spiro atoms. The Balaban J connectivity index is 2.96. The summed E-state index contributed by atoms with van der Waals surface area (Å²) in [5.41, 5.74) is -1.56. The van der Waals surface area contributed by atoms with Gasteiger partial charge in [-0.1, -0.05) is 6.92 Å². The fourth-order valence-electron chi connectivity index (χ4n) is 2.54. The summed E-state index contributed by atoms with van der Waals surface area (Å²) in [4.78, 5) is 23.5. The van der Waals surface area contributed by atoms with Gasteiger partial charge in [0, 0.05) is 6.61 Å². The van der Waals surface area contributed by atoms with Crippen LogP contribution in [0.2, 0.25) is 0 Å². The molecule has 1 fully saturated rings. The number of halogens is 2. The summed E-state index contributed by atoms with van der Waals surface area (Å²) < 4.78 is 37.5. The minimum atomic E-state index is -4.15. The molecule has 0 aromatic carbocycles. The van der Waals surface area contributed by atoms with Crippen molar-refractivity contribution in [2.24, 2.45) is 5.92 Å². The second-order valence-corrected chi connectivity index (χ2v) is 5.23. The van der Waals surface area contributed by atoms with Crippen molar-refractivity contribution in [1.82, 2.24) is 0 Å². The molecular weight excluding hydrogens is 270 g/mol. The van der Waals surface area contributed by atoms with Crippen LogP contribution in [0.3, 0.4) is 0 Å². The highest BCUT2D eigenvalue weighted by Crippen LogP contribution is 2.39. The number of carbonyl (C=O) groups is 2. The van der Waals surface area contributed by atoms with Gasteiger partial charge in [0.1, 0.15) is 5.60 Å².